The van der Waals surface area contributed by atoms with Crippen molar-refractivity contribution < 1.29 is 17.9 Å². The Labute approximate surface area is 118 Å². The lowest BCUT2D eigenvalue weighted by Gasteiger charge is -2.21. The number of ether oxygens (including phenoxy) is 2. The molecule has 1 aromatic rings. The highest BCUT2D eigenvalue weighted by molar-refractivity contribution is 7.89. The summed E-state index contributed by atoms with van der Waals surface area (Å²) in [5.74, 6) is 0.961. The molecule has 0 atom stereocenters. The molecule has 0 unspecified atom stereocenters. The van der Waals surface area contributed by atoms with Gasteiger partial charge in [-0.3, -0.25) is 0 Å². The van der Waals surface area contributed by atoms with Gasteiger partial charge in [-0.25, -0.2) is 8.42 Å². The van der Waals surface area contributed by atoms with Gasteiger partial charge in [-0.1, -0.05) is 6.92 Å². The van der Waals surface area contributed by atoms with Crippen LogP contribution < -0.4 is 9.47 Å². The van der Waals surface area contributed by atoms with Gasteiger partial charge in [0.05, 0.1) is 11.0 Å². The van der Waals surface area contributed by atoms with Crippen LogP contribution >= 0.6 is 0 Å². The molecule has 20 heavy (non-hydrogen) atoms. The van der Waals surface area contributed by atoms with Crippen molar-refractivity contribution in [3.63, 3.8) is 0 Å². The molecule has 1 aliphatic heterocycles. The number of nitriles is 1. The Morgan fingerprint density at radius 3 is 2.65 bits per heavy atom. The number of sulfonamides is 1. The van der Waals surface area contributed by atoms with E-state index in [0.717, 1.165) is 0 Å². The molecule has 0 fully saturated rings. The van der Waals surface area contributed by atoms with Gasteiger partial charge in [0.1, 0.15) is 19.8 Å². The summed E-state index contributed by atoms with van der Waals surface area (Å²) in [5, 5.41) is 8.76. The molecule has 7 heteroatoms. The zero-order chi connectivity index (χ0) is 14.6. The quantitative estimate of drug-likeness (QED) is 0.767. The van der Waals surface area contributed by atoms with Crippen molar-refractivity contribution in [2.45, 2.75) is 18.2 Å². The lowest BCUT2D eigenvalue weighted by Crippen LogP contribution is -2.32. The highest BCUT2D eigenvalue weighted by Crippen LogP contribution is 2.33. The lowest BCUT2D eigenvalue weighted by atomic mass is 10.3. The van der Waals surface area contributed by atoms with Crippen molar-refractivity contribution >= 4 is 10.0 Å². The van der Waals surface area contributed by atoms with Crippen molar-refractivity contribution in [1.82, 2.24) is 4.31 Å². The molecular formula is C13H16N2O4S. The van der Waals surface area contributed by atoms with Gasteiger partial charge in [-0.2, -0.15) is 9.57 Å². The monoisotopic (exact) mass is 296 g/mol. The minimum Gasteiger partial charge on any atom is -0.486 e. The van der Waals surface area contributed by atoms with Crippen molar-refractivity contribution in [2.24, 2.45) is 0 Å². The van der Waals surface area contributed by atoms with Crippen LogP contribution in [0.4, 0.5) is 0 Å². The van der Waals surface area contributed by atoms with E-state index in [1.165, 1.54) is 16.4 Å². The Morgan fingerprint density at radius 1 is 1.30 bits per heavy atom. The summed E-state index contributed by atoms with van der Waals surface area (Å²) in [7, 11) is -3.68. The van der Waals surface area contributed by atoms with Crippen molar-refractivity contribution in [3.05, 3.63) is 18.2 Å². The van der Waals surface area contributed by atoms with E-state index in [1.807, 2.05) is 13.0 Å². The van der Waals surface area contributed by atoms with Crippen molar-refractivity contribution in [3.8, 4) is 17.6 Å². The molecule has 0 saturated carbocycles. The molecular weight excluding hydrogens is 280 g/mol. The molecule has 0 aliphatic carbocycles. The molecule has 2 rings (SSSR count). The molecule has 6 nitrogen and oxygen atoms in total. The minimum absolute atomic E-state index is 0.116. The number of benzene rings is 1. The largest absolute Gasteiger partial charge is 0.486 e. The Bertz CT molecular complexity index is 622. The molecule has 0 spiro atoms. The second kappa shape index (κ2) is 6.11. The van der Waals surface area contributed by atoms with E-state index in [0.29, 0.717) is 37.7 Å². The van der Waals surface area contributed by atoms with Gasteiger partial charge in [0.25, 0.3) is 0 Å². The maximum atomic E-state index is 12.5. The second-order valence-corrected chi connectivity index (χ2v) is 6.24. The lowest BCUT2D eigenvalue weighted by molar-refractivity contribution is 0.171. The number of nitrogens with zero attached hydrogens (tertiary/aromatic N) is 2. The zero-order valence-electron chi connectivity index (χ0n) is 11.2. The maximum Gasteiger partial charge on any atom is 0.244 e. The van der Waals surface area contributed by atoms with Gasteiger partial charge in [0, 0.05) is 12.6 Å². The van der Waals surface area contributed by atoms with E-state index >= 15 is 0 Å². The second-order valence-electron chi connectivity index (χ2n) is 4.30. The molecule has 0 radical (unpaired) electrons. The van der Waals surface area contributed by atoms with Gasteiger partial charge in [0.2, 0.25) is 10.0 Å². The van der Waals surface area contributed by atoms with E-state index in [9.17, 15) is 8.42 Å². The number of rotatable bonds is 5. The van der Waals surface area contributed by atoms with Crippen LogP contribution in [0.15, 0.2) is 23.1 Å². The average molecular weight is 296 g/mol. The number of hydrogen-bond acceptors (Lipinski definition) is 5. The Balaban J connectivity index is 2.35. The topological polar surface area (TPSA) is 79.6 Å². The fraction of sp³-hybridized carbons (Fsp3) is 0.462. The highest BCUT2D eigenvalue weighted by atomic mass is 32.2. The fourth-order valence-electron chi connectivity index (χ4n) is 1.95. The SMILES string of the molecule is CCCN(CC#N)S(=O)(=O)c1ccc2c(c1)OCCO2. The van der Waals surface area contributed by atoms with Crippen LogP contribution in [0.25, 0.3) is 0 Å². The predicted molar refractivity (Wildman–Crippen MR) is 72.1 cm³/mol. The summed E-state index contributed by atoms with van der Waals surface area (Å²) in [6.07, 6.45) is 0.644. The van der Waals surface area contributed by atoms with Crippen LogP contribution in [0.5, 0.6) is 11.5 Å². The number of fused-ring (bicyclic) bond motifs is 1. The third-order valence-corrected chi connectivity index (χ3v) is 4.71. The minimum atomic E-state index is -3.68. The molecule has 0 aromatic heterocycles. The van der Waals surface area contributed by atoms with Gasteiger partial charge in [-0.05, 0) is 18.6 Å². The molecule has 1 aliphatic rings. The Hall–Kier alpha value is -1.78. The maximum absolute atomic E-state index is 12.5. The van der Waals surface area contributed by atoms with E-state index in [-0.39, 0.29) is 11.4 Å². The first-order valence-corrected chi connectivity index (χ1v) is 7.80. The molecule has 108 valence electrons. The van der Waals surface area contributed by atoms with E-state index in [2.05, 4.69) is 0 Å². The van der Waals surface area contributed by atoms with Crippen molar-refractivity contribution in [1.29, 1.82) is 5.26 Å². The third-order valence-electron chi connectivity index (χ3n) is 2.87. The highest BCUT2D eigenvalue weighted by Gasteiger charge is 2.25. The van der Waals surface area contributed by atoms with Gasteiger partial charge >= 0.3 is 0 Å². The Morgan fingerprint density at radius 2 is 2.00 bits per heavy atom. The van der Waals surface area contributed by atoms with E-state index in [1.54, 1.807) is 6.07 Å². The van der Waals surface area contributed by atoms with Crippen LogP contribution in [0.3, 0.4) is 0 Å². The van der Waals surface area contributed by atoms with Crippen LogP contribution in [0, 0.1) is 11.3 Å². The molecule has 0 N–H and O–H groups in total. The fourth-order valence-corrected chi connectivity index (χ4v) is 3.39. The molecule has 0 saturated heterocycles. The van der Waals surface area contributed by atoms with E-state index in [4.69, 9.17) is 14.7 Å². The van der Waals surface area contributed by atoms with Gasteiger partial charge < -0.3 is 9.47 Å². The van der Waals surface area contributed by atoms with E-state index < -0.39 is 10.0 Å². The summed E-state index contributed by atoms with van der Waals surface area (Å²) < 4.78 is 36.9. The first kappa shape index (κ1) is 14.6. The summed E-state index contributed by atoms with van der Waals surface area (Å²) in [5.41, 5.74) is 0. The summed E-state index contributed by atoms with van der Waals surface area (Å²) >= 11 is 0. The van der Waals surface area contributed by atoms with Gasteiger partial charge in [0.15, 0.2) is 11.5 Å². The smallest absolute Gasteiger partial charge is 0.244 e. The molecule has 1 aromatic carbocycles. The molecule has 1 heterocycles. The normalized spacial score (nSPS) is 14.1. The van der Waals surface area contributed by atoms with Gasteiger partial charge in [-0.15, -0.1) is 0 Å². The third kappa shape index (κ3) is 2.86. The summed E-state index contributed by atoms with van der Waals surface area (Å²) in [4.78, 5) is 0.116. The summed E-state index contributed by atoms with van der Waals surface area (Å²) in [6.45, 7) is 2.86. The molecule has 0 bridgehead atoms. The first-order valence-electron chi connectivity index (χ1n) is 6.36. The predicted octanol–water partition coefficient (Wildman–Crippen LogP) is 1.38. The Kier molecular flexibility index (Phi) is 4.47. The average Bonchev–Trinajstić information content (AvgIpc) is 2.46. The first-order chi connectivity index (χ1) is 9.59. The zero-order valence-corrected chi connectivity index (χ0v) is 12.0. The van der Waals surface area contributed by atoms with Crippen LogP contribution in [0.2, 0.25) is 0 Å². The van der Waals surface area contributed by atoms with Crippen LogP contribution in [0.1, 0.15) is 13.3 Å². The van der Waals surface area contributed by atoms with Crippen molar-refractivity contribution in [2.75, 3.05) is 26.3 Å². The summed E-state index contributed by atoms with van der Waals surface area (Å²) in [6, 6.07) is 6.39. The van der Waals surface area contributed by atoms with Crippen LogP contribution in [-0.2, 0) is 10.0 Å². The number of hydrogen-bond donors (Lipinski definition) is 0. The van der Waals surface area contributed by atoms with Crippen LogP contribution in [-0.4, -0.2) is 39.0 Å². The molecule has 0 amide bonds. The standard InChI is InChI=1S/C13H16N2O4S/c1-2-6-15(7-5-14)20(16,17)11-3-4-12-13(10-11)19-9-8-18-12/h3-4,10H,2,6-9H2,1H3.